The van der Waals surface area contributed by atoms with E-state index in [4.69, 9.17) is 30.5 Å². The van der Waals surface area contributed by atoms with Crippen LogP contribution in [0.25, 0.3) is 6.08 Å². The standard InChI is InChI=1S/C19H12ClNO6S/c20-12-6-16-15(26-9-27-16)5-11(12)7-21-18(22)17(28-19(21)23)4-10-1-2-13-14(3-10)25-8-24-13/h1-6H,7-9H2/b17-4-. The van der Waals surface area contributed by atoms with E-state index in [1.165, 1.54) is 0 Å². The molecule has 1 fully saturated rings. The highest BCUT2D eigenvalue weighted by molar-refractivity contribution is 8.18. The molecule has 0 radical (unpaired) electrons. The van der Waals surface area contributed by atoms with E-state index in [2.05, 4.69) is 0 Å². The molecule has 2 aromatic carbocycles. The molecular formula is C19H12ClNO6S. The Morgan fingerprint density at radius 3 is 2.43 bits per heavy atom. The molecule has 7 nitrogen and oxygen atoms in total. The van der Waals surface area contributed by atoms with Crippen molar-refractivity contribution in [1.29, 1.82) is 0 Å². The maximum absolute atomic E-state index is 12.8. The van der Waals surface area contributed by atoms with Gasteiger partial charge in [-0.3, -0.25) is 14.5 Å². The summed E-state index contributed by atoms with van der Waals surface area (Å²) in [5.41, 5.74) is 1.36. The van der Waals surface area contributed by atoms with Gasteiger partial charge in [0, 0.05) is 11.1 Å². The van der Waals surface area contributed by atoms with E-state index in [0.717, 1.165) is 22.2 Å². The molecular weight excluding hydrogens is 406 g/mol. The predicted octanol–water partition coefficient (Wildman–Crippen LogP) is 4.03. The number of thioether (sulfide) groups is 1. The Morgan fingerprint density at radius 2 is 1.64 bits per heavy atom. The van der Waals surface area contributed by atoms with Crippen molar-refractivity contribution in [3.63, 3.8) is 0 Å². The molecule has 0 spiro atoms. The third-order valence-electron chi connectivity index (χ3n) is 4.44. The first kappa shape index (κ1) is 17.3. The van der Waals surface area contributed by atoms with Crippen LogP contribution in [0.5, 0.6) is 23.0 Å². The zero-order valence-electron chi connectivity index (χ0n) is 14.3. The number of carbonyl (C=O) groups excluding carboxylic acids is 2. The molecule has 3 aliphatic heterocycles. The second kappa shape index (κ2) is 6.65. The minimum Gasteiger partial charge on any atom is -0.454 e. The number of ether oxygens (including phenoxy) is 4. The Bertz CT molecular complexity index is 1050. The lowest BCUT2D eigenvalue weighted by atomic mass is 10.1. The summed E-state index contributed by atoms with van der Waals surface area (Å²) in [6.07, 6.45) is 1.66. The minimum atomic E-state index is -0.374. The molecule has 0 atom stereocenters. The number of benzene rings is 2. The molecule has 0 saturated carbocycles. The van der Waals surface area contributed by atoms with Crippen LogP contribution in [0.1, 0.15) is 11.1 Å². The van der Waals surface area contributed by atoms with Crippen molar-refractivity contribution in [2.24, 2.45) is 0 Å². The normalized spacial score (nSPS) is 18.5. The molecule has 1 saturated heterocycles. The summed E-state index contributed by atoms with van der Waals surface area (Å²) in [5.74, 6) is 1.98. The van der Waals surface area contributed by atoms with Gasteiger partial charge >= 0.3 is 0 Å². The number of halogens is 1. The number of hydrogen-bond donors (Lipinski definition) is 0. The Labute approximate surface area is 168 Å². The van der Waals surface area contributed by atoms with Crippen molar-refractivity contribution in [3.05, 3.63) is 51.4 Å². The van der Waals surface area contributed by atoms with E-state index in [0.29, 0.717) is 38.5 Å². The lowest BCUT2D eigenvalue weighted by Gasteiger charge is -2.14. The van der Waals surface area contributed by atoms with Crippen LogP contribution in [0.3, 0.4) is 0 Å². The molecule has 5 rings (SSSR count). The Kier molecular flexibility index (Phi) is 4.10. The fourth-order valence-electron chi connectivity index (χ4n) is 3.04. The first-order valence-electron chi connectivity index (χ1n) is 8.31. The summed E-state index contributed by atoms with van der Waals surface area (Å²) in [6.45, 7) is 0.346. The van der Waals surface area contributed by atoms with Gasteiger partial charge in [0.1, 0.15) is 0 Å². The molecule has 0 aliphatic carbocycles. The van der Waals surface area contributed by atoms with Gasteiger partial charge in [0.2, 0.25) is 13.6 Å². The molecule has 0 aromatic heterocycles. The molecule has 142 valence electrons. The van der Waals surface area contributed by atoms with Crippen LogP contribution >= 0.6 is 23.4 Å². The van der Waals surface area contributed by atoms with Crippen molar-refractivity contribution < 1.29 is 28.5 Å². The van der Waals surface area contributed by atoms with Gasteiger partial charge in [-0.15, -0.1) is 0 Å². The van der Waals surface area contributed by atoms with Crippen LogP contribution in [0.15, 0.2) is 35.2 Å². The van der Waals surface area contributed by atoms with Gasteiger partial charge in [0.05, 0.1) is 11.4 Å². The summed E-state index contributed by atoms with van der Waals surface area (Å²) in [5, 5.41) is 0.0498. The highest BCUT2D eigenvalue weighted by Gasteiger charge is 2.35. The fraction of sp³-hybridized carbons (Fsp3) is 0.158. The van der Waals surface area contributed by atoms with Gasteiger partial charge in [0.15, 0.2) is 23.0 Å². The van der Waals surface area contributed by atoms with Crippen molar-refractivity contribution in [1.82, 2.24) is 4.90 Å². The summed E-state index contributed by atoms with van der Waals surface area (Å²) in [4.78, 5) is 26.7. The predicted molar refractivity (Wildman–Crippen MR) is 102 cm³/mol. The Hall–Kier alpha value is -2.84. The highest BCUT2D eigenvalue weighted by Crippen LogP contribution is 2.40. The van der Waals surface area contributed by atoms with Crippen LogP contribution in [-0.4, -0.2) is 29.6 Å². The molecule has 0 N–H and O–H groups in total. The van der Waals surface area contributed by atoms with Gasteiger partial charge in [-0.05, 0) is 47.2 Å². The van der Waals surface area contributed by atoms with Crippen molar-refractivity contribution >= 4 is 40.6 Å². The minimum absolute atomic E-state index is 0.0542. The second-order valence-electron chi connectivity index (χ2n) is 6.18. The zero-order valence-corrected chi connectivity index (χ0v) is 15.8. The smallest absolute Gasteiger partial charge is 0.293 e. The average Bonchev–Trinajstić information content (AvgIpc) is 3.38. The number of imide groups is 1. The van der Waals surface area contributed by atoms with Gasteiger partial charge in [-0.2, -0.15) is 0 Å². The maximum Gasteiger partial charge on any atom is 0.293 e. The summed E-state index contributed by atoms with van der Waals surface area (Å²) >= 11 is 7.16. The second-order valence-corrected chi connectivity index (χ2v) is 7.58. The van der Waals surface area contributed by atoms with Crippen molar-refractivity contribution in [2.75, 3.05) is 13.6 Å². The lowest BCUT2D eigenvalue weighted by Crippen LogP contribution is -2.27. The van der Waals surface area contributed by atoms with Gasteiger partial charge in [-0.25, -0.2) is 0 Å². The number of amides is 2. The molecule has 9 heteroatoms. The topological polar surface area (TPSA) is 74.3 Å². The van der Waals surface area contributed by atoms with Gasteiger partial charge in [0.25, 0.3) is 11.1 Å². The first-order valence-corrected chi connectivity index (χ1v) is 9.51. The third kappa shape index (κ3) is 2.94. The van der Waals surface area contributed by atoms with Crippen LogP contribution in [0.2, 0.25) is 5.02 Å². The summed E-state index contributed by atoms with van der Waals surface area (Å²) < 4.78 is 21.2. The SMILES string of the molecule is O=C1S/C(=C\c2ccc3c(c2)OCO3)C(=O)N1Cc1cc2c(cc1Cl)OCO2. The van der Waals surface area contributed by atoms with E-state index < -0.39 is 0 Å². The number of carbonyl (C=O) groups is 2. The number of rotatable bonds is 3. The van der Waals surface area contributed by atoms with E-state index in [1.807, 2.05) is 0 Å². The van der Waals surface area contributed by atoms with Crippen LogP contribution < -0.4 is 18.9 Å². The molecule has 3 aliphatic rings. The average molecular weight is 418 g/mol. The third-order valence-corrected chi connectivity index (χ3v) is 5.70. The maximum atomic E-state index is 12.8. The fourth-order valence-corrected chi connectivity index (χ4v) is 4.09. The van der Waals surface area contributed by atoms with Gasteiger partial charge < -0.3 is 18.9 Å². The highest BCUT2D eigenvalue weighted by atomic mass is 35.5. The van der Waals surface area contributed by atoms with Crippen LogP contribution in [0, 0.1) is 0 Å². The number of hydrogen-bond acceptors (Lipinski definition) is 7. The largest absolute Gasteiger partial charge is 0.454 e. The van der Waals surface area contributed by atoms with Crippen LogP contribution in [0.4, 0.5) is 4.79 Å². The van der Waals surface area contributed by atoms with Gasteiger partial charge in [-0.1, -0.05) is 17.7 Å². The number of nitrogens with zero attached hydrogens (tertiary/aromatic N) is 1. The molecule has 2 aromatic rings. The molecule has 2 amide bonds. The molecule has 28 heavy (non-hydrogen) atoms. The molecule has 0 bridgehead atoms. The van der Waals surface area contributed by atoms with E-state index >= 15 is 0 Å². The monoisotopic (exact) mass is 417 g/mol. The summed E-state index contributed by atoms with van der Waals surface area (Å²) in [7, 11) is 0. The van der Waals surface area contributed by atoms with E-state index in [9.17, 15) is 9.59 Å². The quantitative estimate of drug-likeness (QED) is 0.698. The number of fused-ring (bicyclic) bond motifs is 2. The van der Waals surface area contributed by atoms with Crippen molar-refractivity contribution in [3.8, 4) is 23.0 Å². The molecule has 0 unspecified atom stereocenters. The van der Waals surface area contributed by atoms with E-state index in [1.54, 1.807) is 36.4 Å². The Balaban J connectivity index is 1.39. The zero-order chi connectivity index (χ0) is 19.3. The lowest BCUT2D eigenvalue weighted by molar-refractivity contribution is -0.123. The first-order chi connectivity index (χ1) is 13.6. The van der Waals surface area contributed by atoms with Crippen molar-refractivity contribution in [2.45, 2.75) is 6.54 Å². The molecule has 3 heterocycles. The summed E-state index contributed by atoms with van der Waals surface area (Å²) in [6, 6.07) is 8.65. The van der Waals surface area contributed by atoms with Crippen LogP contribution in [-0.2, 0) is 11.3 Å². The van der Waals surface area contributed by atoms with E-state index in [-0.39, 0.29) is 31.3 Å². The Morgan fingerprint density at radius 1 is 0.964 bits per heavy atom.